The first-order valence-corrected chi connectivity index (χ1v) is 10.2. The van der Waals surface area contributed by atoms with Gasteiger partial charge in [0.15, 0.2) is 5.96 Å². The summed E-state index contributed by atoms with van der Waals surface area (Å²) in [5.41, 5.74) is 8.18. The van der Waals surface area contributed by atoms with Gasteiger partial charge in [0.25, 0.3) is 0 Å². The molecular weight excluding hydrogens is 491 g/mol. The fraction of sp³-hybridized carbons (Fsp3) is 0.391. The number of nitrogens with two attached hydrogens (primary N) is 1. The Labute approximate surface area is 196 Å². The van der Waals surface area contributed by atoms with Crippen molar-refractivity contribution in [1.82, 2.24) is 10.6 Å². The minimum Gasteiger partial charge on any atom is -0.494 e. The van der Waals surface area contributed by atoms with Gasteiger partial charge in [0.05, 0.1) is 12.6 Å². The van der Waals surface area contributed by atoms with Crippen LogP contribution < -0.4 is 21.1 Å². The monoisotopic (exact) mass is 524 g/mol. The summed E-state index contributed by atoms with van der Waals surface area (Å²) in [5.74, 6) is 1.27. The molecule has 0 saturated heterocycles. The highest BCUT2D eigenvalue weighted by molar-refractivity contribution is 14.0. The molecule has 0 fully saturated rings. The lowest BCUT2D eigenvalue weighted by Gasteiger charge is -2.15. The number of hydrogen-bond donors (Lipinski definition) is 3. The van der Waals surface area contributed by atoms with Gasteiger partial charge in [-0.2, -0.15) is 0 Å². The Bertz CT molecular complexity index is 767. The summed E-state index contributed by atoms with van der Waals surface area (Å²) in [5, 5.41) is 6.12. The number of ether oxygens (including phenoxy) is 1. The highest BCUT2D eigenvalue weighted by Crippen LogP contribution is 2.17. The molecule has 164 valence electrons. The molecule has 7 heteroatoms. The van der Waals surface area contributed by atoms with E-state index in [4.69, 9.17) is 10.5 Å². The lowest BCUT2D eigenvalue weighted by Crippen LogP contribution is -2.33. The van der Waals surface area contributed by atoms with Crippen LogP contribution in [-0.4, -0.2) is 31.6 Å². The molecular formula is C23H33IN4O2. The van der Waals surface area contributed by atoms with Crippen LogP contribution in [0.5, 0.6) is 5.75 Å². The van der Waals surface area contributed by atoms with Crippen molar-refractivity contribution in [2.75, 3.05) is 19.7 Å². The van der Waals surface area contributed by atoms with Gasteiger partial charge in [-0.15, -0.1) is 24.0 Å². The lowest BCUT2D eigenvalue weighted by molar-refractivity contribution is -0.121. The normalized spacial score (nSPS) is 11.9. The van der Waals surface area contributed by atoms with Crippen LogP contribution in [0.4, 0.5) is 0 Å². The zero-order valence-electron chi connectivity index (χ0n) is 17.8. The fourth-order valence-electron chi connectivity index (χ4n) is 2.89. The molecule has 1 atom stereocenters. The summed E-state index contributed by atoms with van der Waals surface area (Å²) in [7, 11) is 0. The van der Waals surface area contributed by atoms with Crippen molar-refractivity contribution in [3.05, 3.63) is 65.7 Å². The molecule has 0 spiro atoms. The van der Waals surface area contributed by atoms with Crippen LogP contribution in [0.15, 0.2) is 59.6 Å². The van der Waals surface area contributed by atoms with Gasteiger partial charge in [0.2, 0.25) is 5.91 Å². The van der Waals surface area contributed by atoms with E-state index in [-0.39, 0.29) is 35.9 Å². The highest BCUT2D eigenvalue weighted by atomic mass is 127. The second-order valence-corrected chi connectivity index (χ2v) is 6.82. The van der Waals surface area contributed by atoms with Crippen molar-refractivity contribution in [3.8, 4) is 5.75 Å². The first kappa shape index (κ1) is 25.7. The van der Waals surface area contributed by atoms with E-state index in [1.165, 1.54) is 5.56 Å². The van der Waals surface area contributed by atoms with Gasteiger partial charge in [0, 0.05) is 19.5 Å². The fourth-order valence-corrected chi connectivity index (χ4v) is 2.89. The summed E-state index contributed by atoms with van der Waals surface area (Å²) in [4.78, 5) is 16.4. The second kappa shape index (κ2) is 14.7. The van der Waals surface area contributed by atoms with Gasteiger partial charge < -0.3 is 21.1 Å². The molecule has 0 radical (unpaired) electrons. The zero-order valence-corrected chi connectivity index (χ0v) is 20.1. The molecule has 0 aliphatic heterocycles. The van der Waals surface area contributed by atoms with Gasteiger partial charge in [-0.3, -0.25) is 9.79 Å². The van der Waals surface area contributed by atoms with Gasteiger partial charge in [-0.1, -0.05) is 42.5 Å². The number of carbonyl (C=O) groups is 1. The number of aliphatic imine (C=N–C) groups is 1. The maximum atomic E-state index is 12.1. The van der Waals surface area contributed by atoms with E-state index in [0.29, 0.717) is 32.0 Å². The molecule has 0 heterocycles. The van der Waals surface area contributed by atoms with Crippen molar-refractivity contribution in [2.24, 2.45) is 10.7 Å². The number of nitrogens with zero attached hydrogens (tertiary/aromatic N) is 1. The summed E-state index contributed by atoms with van der Waals surface area (Å²) in [6, 6.07) is 18.0. The number of guanidine groups is 1. The number of benzene rings is 2. The van der Waals surface area contributed by atoms with E-state index in [1.807, 2.05) is 56.3 Å². The highest BCUT2D eigenvalue weighted by Gasteiger charge is 2.09. The van der Waals surface area contributed by atoms with Crippen LogP contribution in [0, 0.1) is 0 Å². The van der Waals surface area contributed by atoms with E-state index >= 15 is 0 Å². The largest absolute Gasteiger partial charge is 0.494 e. The number of amides is 1. The first-order chi connectivity index (χ1) is 14.1. The van der Waals surface area contributed by atoms with Crippen LogP contribution in [-0.2, 0) is 11.2 Å². The number of hydrogen-bond acceptors (Lipinski definition) is 3. The van der Waals surface area contributed by atoms with Crippen LogP contribution >= 0.6 is 24.0 Å². The summed E-state index contributed by atoms with van der Waals surface area (Å²) >= 11 is 0. The number of halogens is 1. The minimum absolute atomic E-state index is 0. The number of carbonyl (C=O) groups excluding carboxylic acids is 1. The summed E-state index contributed by atoms with van der Waals surface area (Å²) < 4.78 is 5.44. The Hall–Kier alpha value is -2.29. The van der Waals surface area contributed by atoms with E-state index in [9.17, 15) is 4.79 Å². The second-order valence-electron chi connectivity index (χ2n) is 6.82. The molecule has 6 nitrogen and oxygen atoms in total. The van der Waals surface area contributed by atoms with E-state index < -0.39 is 0 Å². The molecule has 2 rings (SSSR count). The molecule has 0 aliphatic rings. The molecule has 4 N–H and O–H groups in total. The SMILES string of the molecule is CCOc1ccc(C(C)NC(=O)CCCN=C(N)NCCc2ccccc2)cc1.I. The van der Waals surface area contributed by atoms with Crippen molar-refractivity contribution < 1.29 is 9.53 Å². The predicted molar refractivity (Wildman–Crippen MR) is 133 cm³/mol. The van der Waals surface area contributed by atoms with Gasteiger partial charge in [0.1, 0.15) is 5.75 Å². The van der Waals surface area contributed by atoms with E-state index in [2.05, 4.69) is 27.8 Å². The quantitative estimate of drug-likeness (QED) is 0.181. The average molecular weight is 524 g/mol. The van der Waals surface area contributed by atoms with Crippen molar-refractivity contribution >= 4 is 35.8 Å². The Morgan fingerprint density at radius 2 is 1.83 bits per heavy atom. The third-order valence-corrected chi connectivity index (χ3v) is 4.48. The van der Waals surface area contributed by atoms with Crippen LogP contribution in [0.3, 0.4) is 0 Å². The lowest BCUT2D eigenvalue weighted by atomic mass is 10.1. The predicted octanol–water partition coefficient (Wildman–Crippen LogP) is 3.81. The maximum absolute atomic E-state index is 12.1. The van der Waals surface area contributed by atoms with Crippen LogP contribution in [0.25, 0.3) is 0 Å². The van der Waals surface area contributed by atoms with Crippen molar-refractivity contribution in [2.45, 2.75) is 39.2 Å². The van der Waals surface area contributed by atoms with Crippen molar-refractivity contribution in [1.29, 1.82) is 0 Å². The zero-order chi connectivity index (χ0) is 20.9. The standard InChI is InChI=1S/C23H32N4O2.HI/c1-3-29-21-13-11-20(12-14-21)18(2)27-22(28)10-7-16-25-23(24)26-17-15-19-8-5-4-6-9-19;/h4-6,8-9,11-14,18H,3,7,10,15-17H2,1-2H3,(H,27,28)(H3,24,25,26);1H. The Morgan fingerprint density at radius 1 is 1.13 bits per heavy atom. The molecule has 0 bridgehead atoms. The third kappa shape index (κ3) is 9.96. The van der Waals surface area contributed by atoms with E-state index in [0.717, 1.165) is 24.3 Å². The smallest absolute Gasteiger partial charge is 0.220 e. The Balaban J connectivity index is 0.00000450. The van der Waals surface area contributed by atoms with Crippen LogP contribution in [0.1, 0.15) is 43.9 Å². The van der Waals surface area contributed by atoms with E-state index in [1.54, 1.807) is 0 Å². The Morgan fingerprint density at radius 3 is 2.50 bits per heavy atom. The molecule has 30 heavy (non-hydrogen) atoms. The molecule has 0 aromatic heterocycles. The molecule has 1 unspecified atom stereocenters. The number of nitrogens with one attached hydrogen (secondary N) is 2. The van der Waals surface area contributed by atoms with Crippen molar-refractivity contribution in [3.63, 3.8) is 0 Å². The summed E-state index contributed by atoms with van der Waals surface area (Å²) in [6.07, 6.45) is 1.97. The molecule has 0 aliphatic carbocycles. The minimum atomic E-state index is -0.0496. The van der Waals surface area contributed by atoms with Gasteiger partial charge in [-0.05, 0) is 49.9 Å². The average Bonchev–Trinajstić information content (AvgIpc) is 2.73. The molecule has 2 aromatic carbocycles. The first-order valence-electron chi connectivity index (χ1n) is 10.2. The topological polar surface area (TPSA) is 88.7 Å². The Kier molecular flexibility index (Phi) is 12.6. The number of rotatable bonds is 11. The van der Waals surface area contributed by atoms with Gasteiger partial charge in [-0.25, -0.2) is 0 Å². The maximum Gasteiger partial charge on any atom is 0.220 e. The third-order valence-electron chi connectivity index (χ3n) is 4.48. The molecule has 1 amide bonds. The molecule has 0 saturated carbocycles. The summed E-state index contributed by atoms with van der Waals surface area (Å²) in [6.45, 7) is 5.82. The van der Waals surface area contributed by atoms with Gasteiger partial charge >= 0.3 is 0 Å². The van der Waals surface area contributed by atoms with Crippen LogP contribution in [0.2, 0.25) is 0 Å². The molecule has 2 aromatic rings.